The van der Waals surface area contributed by atoms with Gasteiger partial charge in [0.2, 0.25) is 5.79 Å². The molecule has 0 spiro atoms. The highest BCUT2D eigenvalue weighted by Gasteiger charge is 2.39. The van der Waals surface area contributed by atoms with Crippen LogP contribution in [0.15, 0.2) is 65.7 Å². The number of carbonyl (C=O) groups excluding carboxylic acids is 2. The number of aldehydes is 1. The second-order valence-corrected chi connectivity index (χ2v) is 7.49. The van der Waals surface area contributed by atoms with Gasteiger partial charge in [-0.15, -0.1) is 0 Å². The molecule has 1 aliphatic heterocycles. The molecule has 0 amide bonds. The number of nitrogens with zero attached hydrogens (tertiary/aromatic N) is 2. The van der Waals surface area contributed by atoms with Crippen LogP contribution in [0, 0.1) is 0 Å². The summed E-state index contributed by atoms with van der Waals surface area (Å²) in [5.41, 5.74) is 1.76. The first-order valence-electron chi connectivity index (χ1n) is 9.37. The van der Waals surface area contributed by atoms with Crippen molar-refractivity contribution in [2.24, 2.45) is 0 Å². The Morgan fingerprint density at radius 1 is 1.13 bits per heavy atom. The number of carbonyl (C=O) groups is 2. The minimum Gasteiger partial charge on any atom is -0.464 e. The minimum absolute atomic E-state index is 0.0270. The molecule has 8 heteroatoms. The molecule has 0 bridgehead atoms. The average molecular weight is 424 g/mol. The number of ether oxygens (including phenoxy) is 3. The fraction of sp³-hybridized carbons (Fsp3) is 0.227. The quantitative estimate of drug-likeness (QED) is 0.326. The lowest BCUT2D eigenvalue weighted by molar-refractivity contribution is -0.145. The number of methoxy groups -OCH3 is 1. The van der Waals surface area contributed by atoms with Crippen molar-refractivity contribution in [2.45, 2.75) is 10.8 Å². The second kappa shape index (κ2) is 8.83. The Hall–Kier alpha value is -2.94. The van der Waals surface area contributed by atoms with Crippen molar-refractivity contribution in [3.63, 3.8) is 0 Å². The number of thioether (sulfide) groups is 1. The Morgan fingerprint density at radius 2 is 1.77 bits per heavy atom. The van der Waals surface area contributed by atoms with Crippen molar-refractivity contribution in [1.82, 2.24) is 9.78 Å². The zero-order valence-corrected chi connectivity index (χ0v) is 17.1. The first-order valence-corrected chi connectivity index (χ1v) is 10.4. The SMILES string of the molecule is COC(=O)c1nn(-c2ccccc2)c(SCC2(c3ccccc3)OCCO2)c1C=O. The topological polar surface area (TPSA) is 79.7 Å². The molecule has 0 radical (unpaired) electrons. The van der Waals surface area contributed by atoms with Gasteiger partial charge in [0.1, 0.15) is 5.03 Å². The molecule has 30 heavy (non-hydrogen) atoms. The summed E-state index contributed by atoms with van der Waals surface area (Å²) in [5, 5.41) is 4.89. The van der Waals surface area contributed by atoms with E-state index in [1.165, 1.54) is 18.9 Å². The van der Waals surface area contributed by atoms with Crippen LogP contribution in [0.4, 0.5) is 0 Å². The third kappa shape index (κ3) is 3.77. The monoisotopic (exact) mass is 424 g/mol. The van der Waals surface area contributed by atoms with E-state index in [9.17, 15) is 9.59 Å². The molecule has 1 saturated heterocycles. The summed E-state index contributed by atoms with van der Waals surface area (Å²) >= 11 is 1.34. The highest BCUT2D eigenvalue weighted by atomic mass is 32.2. The third-order valence-electron chi connectivity index (χ3n) is 4.74. The molecule has 0 N–H and O–H groups in total. The van der Waals surface area contributed by atoms with Crippen LogP contribution in [-0.2, 0) is 20.0 Å². The van der Waals surface area contributed by atoms with Gasteiger partial charge in [0.15, 0.2) is 12.0 Å². The molecule has 1 aliphatic rings. The van der Waals surface area contributed by atoms with Crippen LogP contribution in [0.1, 0.15) is 26.4 Å². The minimum atomic E-state index is -0.941. The van der Waals surface area contributed by atoms with Gasteiger partial charge in [0.25, 0.3) is 0 Å². The van der Waals surface area contributed by atoms with E-state index in [-0.39, 0.29) is 11.3 Å². The predicted octanol–water partition coefficient (Wildman–Crippen LogP) is 3.46. The van der Waals surface area contributed by atoms with Gasteiger partial charge >= 0.3 is 5.97 Å². The molecule has 2 heterocycles. The maximum absolute atomic E-state index is 12.2. The van der Waals surface area contributed by atoms with E-state index in [1.54, 1.807) is 4.68 Å². The van der Waals surface area contributed by atoms with Crippen molar-refractivity contribution in [3.05, 3.63) is 77.5 Å². The Bertz CT molecular complexity index is 1030. The van der Waals surface area contributed by atoms with E-state index >= 15 is 0 Å². The first kappa shape index (κ1) is 20.3. The summed E-state index contributed by atoms with van der Waals surface area (Å²) in [6.07, 6.45) is 0.632. The normalized spacial score (nSPS) is 15.1. The van der Waals surface area contributed by atoms with Crippen LogP contribution in [0.25, 0.3) is 5.69 Å². The van der Waals surface area contributed by atoms with Crippen molar-refractivity contribution in [3.8, 4) is 5.69 Å². The summed E-state index contributed by atoms with van der Waals surface area (Å²) in [7, 11) is 1.26. The fourth-order valence-electron chi connectivity index (χ4n) is 3.29. The molecule has 2 aromatic carbocycles. The van der Waals surface area contributed by atoms with Crippen molar-refractivity contribution in [2.75, 3.05) is 26.1 Å². The van der Waals surface area contributed by atoms with E-state index in [0.717, 1.165) is 11.3 Å². The molecule has 1 fully saturated rings. The molecule has 4 rings (SSSR count). The molecular weight excluding hydrogens is 404 g/mol. The summed E-state index contributed by atoms with van der Waals surface area (Å²) < 4.78 is 18.4. The summed E-state index contributed by atoms with van der Waals surface area (Å²) in [6, 6.07) is 19.0. The van der Waals surface area contributed by atoms with E-state index in [1.807, 2.05) is 60.7 Å². The van der Waals surface area contributed by atoms with Gasteiger partial charge in [-0.2, -0.15) is 5.10 Å². The summed E-state index contributed by atoms with van der Waals surface area (Å²) in [6.45, 7) is 0.947. The molecule has 7 nitrogen and oxygen atoms in total. The lowest BCUT2D eigenvalue weighted by Crippen LogP contribution is -2.30. The zero-order chi connectivity index (χ0) is 21.0. The second-order valence-electron chi connectivity index (χ2n) is 6.53. The van der Waals surface area contributed by atoms with Crippen LogP contribution in [-0.4, -0.2) is 48.1 Å². The Labute approximate surface area is 177 Å². The number of hydrogen-bond donors (Lipinski definition) is 0. The van der Waals surface area contributed by atoms with Crippen LogP contribution in [0.3, 0.4) is 0 Å². The number of esters is 1. The number of hydrogen-bond acceptors (Lipinski definition) is 7. The average Bonchev–Trinajstić information content (AvgIpc) is 3.43. The van der Waals surface area contributed by atoms with Crippen molar-refractivity contribution in [1.29, 1.82) is 0 Å². The zero-order valence-electron chi connectivity index (χ0n) is 16.3. The number of rotatable bonds is 7. The number of benzene rings is 2. The van der Waals surface area contributed by atoms with Gasteiger partial charge in [-0.3, -0.25) is 4.79 Å². The molecule has 1 aromatic heterocycles. The molecule has 3 aromatic rings. The van der Waals surface area contributed by atoms with E-state index in [4.69, 9.17) is 14.2 Å². The van der Waals surface area contributed by atoms with E-state index < -0.39 is 11.8 Å². The first-order chi connectivity index (χ1) is 14.7. The van der Waals surface area contributed by atoms with Crippen LogP contribution in [0.5, 0.6) is 0 Å². The van der Waals surface area contributed by atoms with Crippen LogP contribution >= 0.6 is 11.8 Å². The van der Waals surface area contributed by atoms with Crippen molar-refractivity contribution >= 4 is 24.0 Å². The molecular formula is C22H20N2O5S. The fourth-order valence-corrected chi connectivity index (χ4v) is 4.52. The molecule has 0 unspecified atom stereocenters. The molecule has 0 atom stereocenters. The third-order valence-corrected chi connectivity index (χ3v) is 5.93. The highest BCUT2D eigenvalue weighted by Crippen LogP contribution is 2.38. The lowest BCUT2D eigenvalue weighted by Gasteiger charge is -2.27. The van der Waals surface area contributed by atoms with Gasteiger partial charge in [0.05, 0.1) is 37.3 Å². The maximum Gasteiger partial charge on any atom is 0.359 e. The largest absolute Gasteiger partial charge is 0.464 e. The van der Waals surface area contributed by atoms with Gasteiger partial charge < -0.3 is 14.2 Å². The van der Waals surface area contributed by atoms with E-state index in [2.05, 4.69) is 5.10 Å². The number of para-hydroxylation sites is 1. The predicted molar refractivity (Wildman–Crippen MR) is 111 cm³/mol. The smallest absolute Gasteiger partial charge is 0.359 e. The van der Waals surface area contributed by atoms with Crippen LogP contribution in [0.2, 0.25) is 0 Å². The lowest BCUT2D eigenvalue weighted by atomic mass is 10.1. The Kier molecular flexibility index (Phi) is 5.98. The Morgan fingerprint density at radius 3 is 2.37 bits per heavy atom. The van der Waals surface area contributed by atoms with Gasteiger partial charge in [0, 0.05) is 5.56 Å². The number of aromatic nitrogens is 2. The van der Waals surface area contributed by atoms with Gasteiger partial charge in [-0.25, -0.2) is 9.48 Å². The van der Waals surface area contributed by atoms with E-state index in [0.29, 0.717) is 30.3 Å². The molecule has 0 aliphatic carbocycles. The highest BCUT2D eigenvalue weighted by molar-refractivity contribution is 7.99. The molecule has 0 saturated carbocycles. The standard InChI is InChI=1S/C22H20N2O5S/c1-27-21(26)19-18(14-25)20(24(23-19)17-10-6-3-7-11-17)30-15-22(28-12-13-29-22)16-8-4-2-5-9-16/h2-11,14H,12-13,15H2,1H3. The van der Waals surface area contributed by atoms with Gasteiger partial charge in [-0.05, 0) is 12.1 Å². The summed E-state index contributed by atoms with van der Waals surface area (Å²) in [4.78, 5) is 24.1. The van der Waals surface area contributed by atoms with Crippen LogP contribution < -0.4 is 0 Å². The maximum atomic E-state index is 12.2. The van der Waals surface area contributed by atoms with Gasteiger partial charge in [-0.1, -0.05) is 60.3 Å². The Balaban J connectivity index is 1.75. The molecule has 154 valence electrons. The summed E-state index contributed by atoms with van der Waals surface area (Å²) in [5.74, 6) is -1.24. The van der Waals surface area contributed by atoms with Crippen molar-refractivity contribution < 1.29 is 23.8 Å².